The zero-order chi connectivity index (χ0) is 20.1. The number of amides is 2. The van der Waals surface area contributed by atoms with E-state index in [1.165, 1.54) is 39.0 Å². The number of ether oxygens (including phenoxy) is 1. The highest BCUT2D eigenvalue weighted by atomic mass is 32.1. The Morgan fingerprint density at radius 3 is 2.44 bits per heavy atom. The average molecular weight is 400 g/mol. The van der Waals surface area contributed by atoms with Gasteiger partial charge < -0.3 is 20.3 Å². The lowest BCUT2D eigenvalue weighted by Gasteiger charge is -2.36. The van der Waals surface area contributed by atoms with E-state index in [1.807, 2.05) is 0 Å². The minimum absolute atomic E-state index is 0.0808. The Morgan fingerprint density at radius 1 is 1.19 bits per heavy atom. The second-order valence-corrected chi connectivity index (χ2v) is 7.27. The van der Waals surface area contributed by atoms with Crippen LogP contribution in [0.3, 0.4) is 0 Å². The van der Waals surface area contributed by atoms with Gasteiger partial charge in [-0.2, -0.15) is 0 Å². The van der Waals surface area contributed by atoms with Crippen molar-refractivity contribution in [3.8, 4) is 0 Å². The minimum Gasteiger partial charge on any atom is -0.466 e. The van der Waals surface area contributed by atoms with Crippen LogP contribution in [0.5, 0.6) is 0 Å². The topological polar surface area (TPSA) is 87.7 Å². The molecule has 1 unspecified atom stereocenters. The number of hydrogen-bond acceptors (Lipinski definition) is 5. The summed E-state index contributed by atoms with van der Waals surface area (Å²) in [5.41, 5.74) is 0. The minimum atomic E-state index is -0.746. The van der Waals surface area contributed by atoms with E-state index >= 15 is 0 Å². The number of carbonyl (C=O) groups is 3. The van der Waals surface area contributed by atoms with Crippen LogP contribution >= 0.6 is 12.2 Å². The Bertz CT molecular complexity index is 513. The normalized spacial score (nSPS) is 16.6. The summed E-state index contributed by atoms with van der Waals surface area (Å²) in [5.74, 6) is -1.00. The van der Waals surface area contributed by atoms with Gasteiger partial charge in [-0.3, -0.25) is 14.4 Å². The van der Waals surface area contributed by atoms with E-state index in [0.29, 0.717) is 19.7 Å². The molecule has 1 fully saturated rings. The molecule has 0 saturated carbocycles. The summed E-state index contributed by atoms with van der Waals surface area (Å²) in [6.45, 7) is 4.79. The number of nitrogens with zero attached hydrogens (tertiary/aromatic N) is 1. The van der Waals surface area contributed by atoms with Crippen LogP contribution in [0.1, 0.15) is 71.6 Å². The molecular weight excluding hydrogens is 366 g/mol. The molecule has 1 atom stereocenters. The highest BCUT2D eigenvalue weighted by molar-refractivity contribution is 7.80. The van der Waals surface area contributed by atoms with Crippen LogP contribution in [-0.4, -0.2) is 53.5 Å². The molecular formula is C19H33N3O4S. The molecule has 0 aromatic carbocycles. The van der Waals surface area contributed by atoms with E-state index in [4.69, 9.17) is 17.0 Å². The molecule has 27 heavy (non-hydrogen) atoms. The van der Waals surface area contributed by atoms with Crippen LogP contribution in [-0.2, 0) is 19.1 Å². The van der Waals surface area contributed by atoms with Crippen molar-refractivity contribution >= 4 is 35.1 Å². The number of carbonyl (C=O) groups excluding carboxylic acids is 3. The van der Waals surface area contributed by atoms with Gasteiger partial charge in [0.1, 0.15) is 6.04 Å². The zero-order valence-corrected chi connectivity index (χ0v) is 17.4. The molecule has 0 aliphatic carbocycles. The lowest BCUT2D eigenvalue weighted by Crippen LogP contribution is -2.60. The van der Waals surface area contributed by atoms with Crippen LogP contribution in [0.25, 0.3) is 0 Å². The van der Waals surface area contributed by atoms with Crippen LogP contribution in [0.4, 0.5) is 0 Å². The Morgan fingerprint density at radius 2 is 1.81 bits per heavy atom. The van der Waals surface area contributed by atoms with Crippen LogP contribution < -0.4 is 10.6 Å². The monoisotopic (exact) mass is 399 g/mol. The maximum Gasteiger partial charge on any atom is 0.308 e. The highest BCUT2D eigenvalue weighted by Crippen LogP contribution is 2.12. The maximum atomic E-state index is 12.1. The molecule has 0 aromatic heterocycles. The fraction of sp³-hybridized carbons (Fsp3) is 0.789. The summed E-state index contributed by atoms with van der Waals surface area (Å²) >= 11 is 5.17. The Kier molecular flexibility index (Phi) is 11.6. The van der Waals surface area contributed by atoms with E-state index in [1.54, 1.807) is 4.90 Å². The quantitative estimate of drug-likeness (QED) is 0.315. The maximum absolute atomic E-state index is 12.1. The van der Waals surface area contributed by atoms with Crippen molar-refractivity contribution in [1.82, 2.24) is 15.5 Å². The van der Waals surface area contributed by atoms with E-state index in [-0.39, 0.29) is 23.3 Å². The molecule has 1 aliphatic rings. The Labute approximate surface area is 167 Å². The van der Waals surface area contributed by atoms with E-state index in [2.05, 4.69) is 17.6 Å². The van der Waals surface area contributed by atoms with Crippen LogP contribution in [0, 0.1) is 0 Å². The summed E-state index contributed by atoms with van der Waals surface area (Å²) in [5, 5.41) is 5.39. The number of piperazine rings is 1. The molecule has 0 bridgehead atoms. The predicted octanol–water partition coefficient (Wildman–Crippen LogP) is 2.28. The zero-order valence-electron chi connectivity index (χ0n) is 16.6. The van der Waals surface area contributed by atoms with Crippen molar-refractivity contribution < 1.29 is 19.1 Å². The number of thiocarbonyl (C=S) groups is 1. The fourth-order valence-corrected chi connectivity index (χ4v) is 3.38. The standard InChI is InChI=1S/C19H33N3O4S/c1-3-4-5-6-7-8-9-10-13-26-17(24)14-16-18(25)20-11-12-22(16)19(27)21-15(2)23/h16H,3-14H2,1-2H3,(H,20,25)(H,21,23,27). The first-order valence-electron chi connectivity index (χ1n) is 9.97. The predicted molar refractivity (Wildman–Crippen MR) is 108 cm³/mol. The van der Waals surface area contributed by atoms with Crippen molar-refractivity contribution in [1.29, 1.82) is 0 Å². The van der Waals surface area contributed by atoms with Gasteiger partial charge in [-0.1, -0.05) is 51.9 Å². The molecule has 7 nitrogen and oxygen atoms in total. The first kappa shape index (κ1) is 23.3. The third-order valence-corrected chi connectivity index (χ3v) is 4.83. The lowest BCUT2D eigenvalue weighted by atomic mass is 10.1. The molecule has 1 aliphatic heterocycles. The number of esters is 1. The largest absolute Gasteiger partial charge is 0.466 e. The fourth-order valence-electron chi connectivity index (χ4n) is 3.02. The van der Waals surface area contributed by atoms with Crippen molar-refractivity contribution in [3.63, 3.8) is 0 Å². The van der Waals surface area contributed by atoms with Gasteiger partial charge in [-0.25, -0.2) is 0 Å². The molecule has 154 valence electrons. The number of unbranched alkanes of at least 4 members (excludes halogenated alkanes) is 7. The second kappa shape index (κ2) is 13.5. The summed E-state index contributed by atoms with van der Waals surface area (Å²) in [4.78, 5) is 37.0. The molecule has 0 spiro atoms. The third-order valence-electron chi connectivity index (χ3n) is 4.50. The first-order valence-corrected chi connectivity index (χ1v) is 10.4. The van der Waals surface area contributed by atoms with E-state index in [9.17, 15) is 14.4 Å². The third kappa shape index (κ3) is 9.70. The van der Waals surface area contributed by atoms with E-state index in [0.717, 1.165) is 19.3 Å². The number of nitrogens with one attached hydrogen (secondary N) is 2. The molecule has 0 radical (unpaired) electrons. The summed E-state index contributed by atoms with van der Waals surface area (Å²) in [6.07, 6.45) is 9.31. The van der Waals surface area contributed by atoms with Crippen LogP contribution in [0.15, 0.2) is 0 Å². The molecule has 1 saturated heterocycles. The molecule has 2 N–H and O–H groups in total. The SMILES string of the molecule is CCCCCCCCCCOC(=O)CC1C(=O)NCCN1C(=S)NC(C)=O. The molecule has 1 rings (SSSR count). The van der Waals surface area contributed by atoms with Gasteiger partial charge in [-0.05, 0) is 18.6 Å². The molecule has 1 heterocycles. The summed E-state index contributed by atoms with van der Waals surface area (Å²) in [6, 6.07) is -0.746. The highest BCUT2D eigenvalue weighted by Gasteiger charge is 2.33. The van der Waals surface area contributed by atoms with Crippen molar-refractivity contribution in [2.24, 2.45) is 0 Å². The average Bonchev–Trinajstić information content (AvgIpc) is 2.61. The smallest absolute Gasteiger partial charge is 0.308 e. The van der Waals surface area contributed by atoms with Crippen molar-refractivity contribution in [2.45, 2.75) is 77.7 Å². The van der Waals surface area contributed by atoms with Gasteiger partial charge in [0.25, 0.3) is 0 Å². The van der Waals surface area contributed by atoms with Gasteiger partial charge in [0, 0.05) is 20.0 Å². The van der Waals surface area contributed by atoms with Gasteiger partial charge >= 0.3 is 5.97 Å². The van der Waals surface area contributed by atoms with Gasteiger partial charge in [0.2, 0.25) is 11.8 Å². The van der Waals surface area contributed by atoms with Crippen molar-refractivity contribution in [2.75, 3.05) is 19.7 Å². The summed E-state index contributed by atoms with van der Waals surface area (Å²) in [7, 11) is 0. The Balaban J connectivity index is 2.28. The molecule has 0 aromatic rings. The second-order valence-electron chi connectivity index (χ2n) is 6.89. The van der Waals surface area contributed by atoms with Gasteiger partial charge in [-0.15, -0.1) is 0 Å². The Hall–Kier alpha value is -1.70. The summed E-state index contributed by atoms with van der Waals surface area (Å²) < 4.78 is 5.27. The first-order chi connectivity index (χ1) is 13.0. The van der Waals surface area contributed by atoms with Crippen LogP contribution in [0.2, 0.25) is 0 Å². The lowest BCUT2D eigenvalue weighted by molar-refractivity contribution is -0.147. The van der Waals surface area contributed by atoms with Crippen molar-refractivity contribution in [3.05, 3.63) is 0 Å². The number of hydrogen-bond donors (Lipinski definition) is 2. The molecule has 8 heteroatoms. The number of rotatable bonds is 11. The van der Waals surface area contributed by atoms with Gasteiger partial charge in [0.05, 0.1) is 13.0 Å². The molecule has 2 amide bonds. The van der Waals surface area contributed by atoms with Gasteiger partial charge in [0.15, 0.2) is 5.11 Å². The van der Waals surface area contributed by atoms with E-state index < -0.39 is 12.0 Å².